The lowest BCUT2D eigenvalue weighted by atomic mass is 10.2. The van der Waals surface area contributed by atoms with Crippen LogP contribution in [0, 0.1) is 0 Å². The minimum absolute atomic E-state index is 0. The van der Waals surface area contributed by atoms with Gasteiger partial charge in [-0.2, -0.15) is 0 Å². The molecule has 3 heterocycles. The van der Waals surface area contributed by atoms with E-state index in [1.165, 1.54) is 0 Å². The van der Waals surface area contributed by atoms with E-state index in [0.29, 0.717) is 0 Å². The molecule has 1 aliphatic heterocycles. The summed E-state index contributed by atoms with van der Waals surface area (Å²) in [5.74, 6) is 1.89. The summed E-state index contributed by atoms with van der Waals surface area (Å²) in [7, 11) is 0. The number of hydrogen-bond donors (Lipinski definition) is 0. The molecule has 0 saturated carbocycles. The fourth-order valence-electron chi connectivity index (χ4n) is 3.01. The number of fused-ring (bicyclic) bond motifs is 1. The van der Waals surface area contributed by atoms with Gasteiger partial charge in [-0.25, -0.2) is 9.97 Å². The first-order valence-electron chi connectivity index (χ1n) is 7.36. The quantitative estimate of drug-likeness (QED) is 0.566. The number of rotatable bonds is 2. The van der Waals surface area contributed by atoms with E-state index < -0.39 is 0 Å². The second-order valence-corrected chi connectivity index (χ2v) is 5.24. The van der Waals surface area contributed by atoms with Gasteiger partial charge in [0.1, 0.15) is 17.8 Å². The maximum Gasteiger partial charge on any atom is 0.134 e. The first-order chi connectivity index (χ1) is 10.9. The third-order valence-electron chi connectivity index (χ3n) is 3.94. The molecule has 116 valence electrons. The highest BCUT2D eigenvalue weighted by atomic mass is 127. The largest absolute Gasteiger partial charge is 0.303 e. The highest BCUT2D eigenvalue weighted by molar-refractivity contribution is 14.0. The van der Waals surface area contributed by atoms with Crippen LogP contribution < -0.4 is 9.80 Å². The maximum atomic E-state index is 4.52. The second kappa shape index (κ2) is 6.54. The molecule has 0 saturated heterocycles. The lowest BCUT2D eigenvalue weighted by Crippen LogP contribution is -2.36. The molecule has 0 spiro atoms. The monoisotopic (exact) mass is 416 g/mol. The van der Waals surface area contributed by atoms with Gasteiger partial charge in [0.2, 0.25) is 0 Å². The third kappa shape index (κ3) is 2.65. The van der Waals surface area contributed by atoms with Gasteiger partial charge >= 0.3 is 0 Å². The van der Waals surface area contributed by atoms with Crippen molar-refractivity contribution < 1.29 is 0 Å². The van der Waals surface area contributed by atoms with E-state index in [1.54, 1.807) is 0 Å². The maximum absolute atomic E-state index is 4.52. The molecule has 5 heteroatoms. The zero-order chi connectivity index (χ0) is 14.9. The summed E-state index contributed by atoms with van der Waals surface area (Å²) in [6.07, 6.45) is 3.77. The molecule has 1 aromatic carbocycles. The SMILES string of the molecule is CC1N(c2ccccn2)c2ccccc2N1c1ccccn1.I. The number of aromatic nitrogens is 2. The Kier molecular flexibility index (Phi) is 4.47. The summed E-state index contributed by atoms with van der Waals surface area (Å²) in [4.78, 5) is 13.5. The van der Waals surface area contributed by atoms with Crippen molar-refractivity contribution in [3.05, 3.63) is 73.1 Å². The number of para-hydroxylation sites is 2. The average molecular weight is 416 g/mol. The van der Waals surface area contributed by atoms with Gasteiger partial charge in [-0.15, -0.1) is 24.0 Å². The van der Waals surface area contributed by atoms with Gasteiger partial charge in [-0.1, -0.05) is 24.3 Å². The molecular weight excluding hydrogens is 399 g/mol. The van der Waals surface area contributed by atoms with Crippen LogP contribution in [0.3, 0.4) is 0 Å². The van der Waals surface area contributed by atoms with E-state index in [9.17, 15) is 0 Å². The van der Waals surface area contributed by atoms with Crippen molar-refractivity contribution in [3.8, 4) is 0 Å². The predicted octanol–water partition coefficient (Wildman–Crippen LogP) is 4.73. The number of halogens is 1. The lowest BCUT2D eigenvalue weighted by Gasteiger charge is -2.28. The number of nitrogens with zero attached hydrogens (tertiary/aromatic N) is 4. The fraction of sp³-hybridized carbons (Fsp3) is 0.111. The molecule has 0 amide bonds. The normalized spacial score (nSPS) is 13.6. The van der Waals surface area contributed by atoms with E-state index in [0.717, 1.165) is 23.0 Å². The fourth-order valence-corrected chi connectivity index (χ4v) is 3.01. The first kappa shape index (κ1) is 15.7. The van der Waals surface area contributed by atoms with Crippen molar-refractivity contribution in [3.63, 3.8) is 0 Å². The van der Waals surface area contributed by atoms with Crippen LogP contribution in [0.15, 0.2) is 73.1 Å². The van der Waals surface area contributed by atoms with Crippen LogP contribution >= 0.6 is 24.0 Å². The van der Waals surface area contributed by atoms with E-state index >= 15 is 0 Å². The Bertz CT molecular complexity index is 713. The Hall–Kier alpha value is -2.15. The summed E-state index contributed by atoms with van der Waals surface area (Å²) in [5.41, 5.74) is 2.30. The lowest BCUT2D eigenvalue weighted by molar-refractivity contribution is 0.745. The Morgan fingerprint density at radius 1 is 0.696 bits per heavy atom. The molecular formula is C18H17IN4. The first-order valence-corrected chi connectivity index (χ1v) is 7.36. The van der Waals surface area contributed by atoms with Gasteiger partial charge < -0.3 is 9.80 Å². The zero-order valence-corrected chi connectivity index (χ0v) is 15.0. The van der Waals surface area contributed by atoms with Crippen LogP contribution in [-0.2, 0) is 0 Å². The molecule has 0 fully saturated rings. The van der Waals surface area contributed by atoms with Gasteiger partial charge in [0, 0.05) is 12.4 Å². The van der Waals surface area contributed by atoms with Crippen LogP contribution in [0.4, 0.5) is 23.0 Å². The molecule has 3 aromatic rings. The molecule has 2 aromatic heterocycles. The molecule has 23 heavy (non-hydrogen) atoms. The van der Waals surface area contributed by atoms with Crippen molar-refractivity contribution in [1.29, 1.82) is 0 Å². The Balaban J connectivity index is 0.00000156. The Morgan fingerprint density at radius 2 is 1.13 bits per heavy atom. The van der Waals surface area contributed by atoms with Gasteiger partial charge in [-0.3, -0.25) is 0 Å². The van der Waals surface area contributed by atoms with Crippen molar-refractivity contribution in [1.82, 2.24) is 9.97 Å². The summed E-state index contributed by atoms with van der Waals surface area (Å²) in [6.45, 7) is 2.17. The molecule has 0 bridgehead atoms. The van der Waals surface area contributed by atoms with Crippen molar-refractivity contribution in [2.45, 2.75) is 13.1 Å². The highest BCUT2D eigenvalue weighted by Crippen LogP contribution is 2.46. The van der Waals surface area contributed by atoms with Gasteiger partial charge in [0.05, 0.1) is 11.4 Å². The van der Waals surface area contributed by atoms with Crippen molar-refractivity contribution in [2.24, 2.45) is 0 Å². The van der Waals surface area contributed by atoms with Crippen LogP contribution in [0.25, 0.3) is 0 Å². The molecule has 0 radical (unpaired) electrons. The van der Waals surface area contributed by atoms with E-state index in [2.05, 4.69) is 51.0 Å². The molecule has 0 atom stereocenters. The van der Waals surface area contributed by atoms with E-state index in [1.807, 2.05) is 48.8 Å². The third-order valence-corrected chi connectivity index (χ3v) is 3.94. The molecule has 1 aliphatic rings. The smallest absolute Gasteiger partial charge is 0.134 e. The van der Waals surface area contributed by atoms with Gasteiger partial charge in [0.25, 0.3) is 0 Å². The molecule has 4 rings (SSSR count). The van der Waals surface area contributed by atoms with Gasteiger partial charge in [0.15, 0.2) is 0 Å². The van der Waals surface area contributed by atoms with Crippen molar-refractivity contribution in [2.75, 3.05) is 9.80 Å². The van der Waals surface area contributed by atoms with Crippen LogP contribution in [-0.4, -0.2) is 16.1 Å². The van der Waals surface area contributed by atoms with E-state index in [4.69, 9.17) is 0 Å². The number of hydrogen-bond acceptors (Lipinski definition) is 4. The van der Waals surface area contributed by atoms with Crippen LogP contribution in [0.2, 0.25) is 0 Å². The average Bonchev–Trinajstić information content (AvgIpc) is 2.88. The van der Waals surface area contributed by atoms with Crippen LogP contribution in [0.1, 0.15) is 6.92 Å². The molecule has 0 unspecified atom stereocenters. The number of anilines is 4. The summed E-state index contributed by atoms with van der Waals surface area (Å²) in [6, 6.07) is 20.4. The topological polar surface area (TPSA) is 32.3 Å². The van der Waals surface area contributed by atoms with E-state index in [-0.39, 0.29) is 30.1 Å². The van der Waals surface area contributed by atoms with Gasteiger partial charge in [-0.05, 0) is 43.3 Å². The predicted molar refractivity (Wildman–Crippen MR) is 104 cm³/mol. The van der Waals surface area contributed by atoms with Crippen LogP contribution in [0.5, 0.6) is 0 Å². The number of benzene rings is 1. The van der Waals surface area contributed by atoms with Crippen molar-refractivity contribution >= 4 is 47.0 Å². The Labute approximate surface area is 152 Å². The Morgan fingerprint density at radius 3 is 1.52 bits per heavy atom. The number of pyridine rings is 2. The minimum Gasteiger partial charge on any atom is -0.303 e. The second-order valence-electron chi connectivity index (χ2n) is 5.24. The zero-order valence-electron chi connectivity index (χ0n) is 12.7. The minimum atomic E-state index is 0. The highest BCUT2D eigenvalue weighted by Gasteiger charge is 2.35. The molecule has 0 N–H and O–H groups in total. The molecule has 0 aliphatic carbocycles. The summed E-state index contributed by atoms with van der Waals surface area (Å²) >= 11 is 0. The summed E-state index contributed by atoms with van der Waals surface area (Å²) < 4.78 is 0. The standard InChI is InChI=1S/C18H16N4.HI/c1-14-21(17-10-4-6-12-19-17)15-8-2-3-9-16(15)22(14)18-11-5-7-13-20-18;/h2-14H,1H3;1H. The summed E-state index contributed by atoms with van der Waals surface area (Å²) in [5, 5.41) is 0. The molecule has 4 nitrogen and oxygen atoms in total.